The van der Waals surface area contributed by atoms with Crippen molar-refractivity contribution in [3.8, 4) is 22.8 Å². The average molecular weight is 309 g/mol. The van der Waals surface area contributed by atoms with Crippen molar-refractivity contribution >= 4 is 5.69 Å². The Morgan fingerprint density at radius 1 is 0.913 bits per heavy atom. The Balaban J connectivity index is 1.83. The molecule has 0 fully saturated rings. The lowest BCUT2D eigenvalue weighted by Gasteiger charge is -2.08. The molecular weight excluding hydrogens is 290 g/mol. The summed E-state index contributed by atoms with van der Waals surface area (Å²) in [7, 11) is 3.26. The number of hydrogen-bond acceptors (Lipinski definition) is 4. The third kappa shape index (κ3) is 3.16. The van der Waals surface area contributed by atoms with E-state index in [9.17, 15) is 0 Å². The van der Waals surface area contributed by atoms with Crippen LogP contribution in [0.5, 0.6) is 11.5 Å². The van der Waals surface area contributed by atoms with Crippen LogP contribution in [-0.2, 0) is 6.42 Å². The standard InChI is InChI=1S/C19H19NO3/c1-21-18-9-7-13(12-19(18)22-2)11-14-8-10-17(23-14)15-5-3-4-6-16(15)20/h3-10,12H,11,20H2,1-2H3. The number of methoxy groups -OCH3 is 2. The van der Waals surface area contributed by atoms with Gasteiger partial charge in [0.05, 0.1) is 14.2 Å². The predicted octanol–water partition coefficient (Wildman–Crippen LogP) is 4.14. The quantitative estimate of drug-likeness (QED) is 0.720. The molecule has 0 bridgehead atoms. The molecule has 2 N–H and O–H groups in total. The topological polar surface area (TPSA) is 57.6 Å². The molecule has 0 atom stereocenters. The van der Waals surface area contributed by atoms with Crippen molar-refractivity contribution in [1.82, 2.24) is 0 Å². The summed E-state index contributed by atoms with van der Waals surface area (Å²) >= 11 is 0. The summed E-state index contributed by atoms with van der Waals surface area (Å²) in [6, 6.07) is 17.4. The molecule has 1 heterocycles. The SMILES string of the molecule is COc1ccc(Cc2ccc(-c3ccccc3N)o2)cc1OC. The number of para-hydroxylation sites is 1. The van der Waals surface area contributed by atoms with Crippen LogP contribution in [0, 0.1) is 0 Å². The lowest BCUT2D eigenvalue weighted by molar-refractivity contribution is 0.354. The molecule has 0 saturated heterocycles. The zero-order valence-electron chi connectivity index (χ0n) is 13.2. The molecule has 2 aromatic carbocycles. The Labute approximate surface area is 135 Å². The van der Waals surface area contributed by atoms with Gasteiger partial charge in [-0.25, -0.2) is 0 Å². The molecule has 3 aromatic rings. The molecule has 1 aromatic heterocycles. The Hall–Kier alpha value is -2.88. The minimum absolute atomic E-state index is 0.674. The van der Waals surface area contributed by atoms with E-state index in [0.717, 1.165) is 22.6 Å². The van der Waals surface area contributed by atoms with E-state index in [1.54, 1.807) is 14.2 Å². The largest absolute Gasteiger partial charge is 0.493 e. The zero-order chi connectivity index (χ0) is 16.2. The van der Waals surface area contributed by atoms with Gasteiger partial charge in [-0.3, -0.25) is 0 Å². The van der Waals surface area contributed by atoms with Gasteiger partial charge >= 0.3 is 0 Å². The number of furan rings is 1. The fourth-order valence-electron chi connectivity index (χ4n) is 2.53. The number of benzene rings is 2. The molecule has 118 valence electrons. The summed E-state index contributed by atoms with van der Waals surface area (Å²) in [4.78, 5) is 0. The minimum Gasteiger partial charge on any atom is -0.493 e. The van der Waals surface area contributed by atoms with E-state index in [1.807, 2.05) is 54.6 Å². The monoisotopic (exact) mass is 309 g/mol. The van der Waals surface area contributed by atoms with E-state index in [4.69, 9.17) is 19.6 Å². The predicted molar refractivity (Wildman–Crippen MR) is 90.9 cm³/mol. The molecule has 4 heteroatoms. The molecule has 0 spiro atoms. The summed E-state index contributed by atoms with van der Waals surface area (Å²) in [5.74, 6) is 3.08. The van der Waals surface area contributed by atoms with Crippen LogP contribution in [0.25, 0.3) is 11.3 Å². The molecule has 0 amide bonds. The smallest absolute Gasteiger partial charge is 0.161 e. The van der Waals surface area contributed by atoms with E-state index < -0.39 is 0 Å². The second kappa shape index (κ2) is 6.48. The first-order valence-electron chi connectivity index (χ1n) is 7.35. The first-order chi connectivity index (χ1) is 11.2. The second-order valence-electron chi connectivity index (χ2n) is 5.22. The number of nitrogen functional groups attached to an aromatic ring is 1. The Kier molecular flexibility index (Phi) is 4.24. The van der Waals surface area contributed by atoms with Crippen LogP contribution >= 0.6 is 0 Å². The zero-order valence-corrected chi connectivity index (χ0v) is 13.2. The van der Waals surface area contributed by atoms with Gasteiger partial charge < -0.3 is 19.6 Å². The van der Waals surface area contributed by atoms with Crippen LogP contribution in [0.3, 0.4) is 0 Å². The van der Waals surface area contributed by atoms with E-state index in [2.05, 4.69) is 0 Å². The molecule has 23 heavy (non-hydrogen) atoms. The van der Waals surface area contributed by atoms with Crippen molar-refractivity contribution in [2.45, 2.75) is 6.42 Å². The molecule has 0 unspecified atom stereocenters. The summed E-state index contributed by atoms with van der Waals surface area (Å²) in [5.41, 5.74) is 8.70. The first-order valence-corrected chi connectivity index (χ1v) is 7.35. The van der Waals surface area contributed by atoms with E-state index in [1.165, 1.54) is 0 Å². The third-order valence-corrected chi connectivity index (χ3v) is 3.71. The highest BCUT2D eigenvalue weighted by Gasteiger charge is 2.10. The summed E-state index contributed by atoms with van der Waals surface area (Å²) < 4.78 is 16.5. The lowest BCUT2D eigenvalue weighted by atomic mass is 10.1. The van der Waals surface area contributed by atoms with Crippen LogP contribution in [0.15, 0.2) is 59.0 Å². The van der Waals surface area contributed by atoms with Gasteiger partial charge in [0.2, 0.25) is 0 Å². The summed E-state index contributed by atoms with van der Waals surface area (Å²) in [5, 5.41) is 0. The van der Waals surface area contributed by atoms with Gasteiger partial charge in [-0.15, -0.1) is 0 Å². The molecule has 4 nitrogen and oxygen atoms in total. The van der Waals surface area contributed by atoms with Gasteiger partial charge in [-0.1, -0.05) is 18.2 Å². The molecule has 0 saturated carbocycles. The number of ether oxygens (including phenoxy) is 2. The number of anilines is 1. The van der Waals surface area contributed by atoms with Crippen LogP contribution in [0.1, 0.15) is 11.3 Å². The highest BCUT2D eigenvalue weighted by Crippen LogP contribution is 2.31. The van der Waals surface area contributed by atoms with Crippen molar-refractivity contribution in [2.75, 3.05) is 20.0 Å². The van der Waals surface area contributed by atoms with Crippen LogP contribution in [0.4, 0.5) is 5.69 Å². The summed E-state index contributed by atoms with van der Waals surface area (Å²) in [6.45, 7) is 0. The van der Waals surface area contributed by atoms with Crippen LogP contribution in [-0.4, -0.2) is 14.2 Å². The molecule has 0 radical (unpaired) electrons. The molecule has 0 aliphatic rings. The van der Waals surface area contributed by atoms with Gasteiger partial charge in [0.1, 0.15) is 11.5 Å². The third-order valence-electron chi connectivity index (χ3n) is 3.71. The normalized spacial score (nSPS) is 10.5. The van der Waals surface area contributed by atoms with E-state index in [0.29, 0.717) is 23.6 Å². The van der Waals surface area contributed by atoms with E-state index in [-0.39, 0.29) is 0 Å². The highest BCUT2D eigenvalue weighted by molar-refractivity contribution is 5.72. The van der Waals surface area contributed by atoms with Gasteiger partial charge in [0.15, 0.2) is 11.5 Å². The van der Waals surface area contributed by atoms with Gasteiger partial charge in [0, 0.05) is 17.7 Å². The van der Waals surface area contributed by atoms with Gasteiger partial charge in [0.25, 0.3) is 0 Å². The van der Waals surface area contributed by atoms with Crippen molar-refractivity contribution in [3.05, 3.63) is 65.9 Å². The first kappa shape index (κ1) is 15.0. The van der Waals surface area contributed by atoms with Crippen molar-refractivity contribution in [3.63, 3.8) is 0 Å². The van der Waals surface area contributed by atoms with Crippen molar-refractivity contribution in [2.24, 2.45) is 0 Å². The lowest BCUT2D eigenvalue weighted by Crippen LogP contribution is -1.93. The van der Waals surface area contributed by atoms with Crippen molar-refractivity contribution < 1.29 is 13.9 Å². The number of nitrogens with two attached hydrogens (primary N) is 1. The fraction of sp³-hybridized carbons (Fsp3) is 0.158. The van der Waals surface area contributed by atoms with E-state index >= 15 is 0 Å². The Morgan fingerprint density at radius 3 is 2.43 bits per heavy atom. The van der Waals surface area contributed by atoms with Crippen LogP contribution < -0.4 is 15.2 Å². The minimum atomic E-state index is 0.674. The molecule has 0 aliphatic heterocycles. The maximum Gasteiger partial charge on any atom is 0.161 e. The highest BCUT2D eigenvalue weighted by atomic mass is 16.5. The van der Waals surface area contributed by atoms with Gasteiger partial charge in [-0.2, -0.15) is 0 Å². The maximum absolute atomic E-state index is 5.99. The Morgan fingerprint density at radius 2 is 1.70 bits per heavy atom. The molecule has 0 aliphatic carbocycles. The average Bonchev–Trinajstić information content (AvgIpc) is 3.03. The molecule has 3 rings (SSSR count). The second-order valence-corrected chi connectivity index (χ2v) is 5.22. The fourth-order valence-corrected chi connectivity index (χ4v) is 2.53. The van der Waals surface area contributed by atoms with Crippen LogP contribution in [0.2, 0.25) is 0 Å². The Bertz CT molecular complexity index is 808. The van der Waals surface area contributed by atoms with Gasteiger partial charge in [-0.05, 0) is 42.0 Å². The molecular formula is C19H19NO3. The summed E-state index contributed by atoms with van der Waals surface area (Å²) in [6.07, 6.45) is 0.674. The number of hydrogen-bond donors (Lipinski definition) is 1. The number of rotatable bonds is 5. The maximum atomic E-state index is 5.99. The van der Waals surface area contributed by atoms with Crippen molar-refractivity contribution in [1.29, 1.82) is 0 Å².